The predicted molar refractivity (Wildman–Crippen MR) is 107 cm³/mol. The number of hydrogen-bond acceptors (Lipinski definition) is 3. The topological polar surface area (TPSA) is 32.8 Å². The highest BCUT2D eigenvalue weighted by Crippen LogP contribution is 2.21. The maximum atomic E-state index is 12.4. The summed E-state index contributed by atoms with van der Waals surface area (Å²) in [7, 11) is 1.66. The Morgan fingerprint density at radius 1 is 1.08 bits per heavy atom. The highest BCUT2D eigenvalue weighted by Gasteiger charge is 2.19. The zero-order valence-electron chi connectivity index (χ0n) is 15.1. The normalized spacial score (nSPS) is 14.7. The Morgan fingerprint density at radius 2 is 1.77 bits per heavy atom. The van der Waals surface area contributed by atoms with Gasteiger partial charge >= 0.3 is 0 Å². The van der Waals surface area contributed by atoms with E-state index in [2.05, 4.69) is 17.0 Å². The molecule has 5 heteroatoms. The Labute approximate surface area is 159 Å². The average Bonchev–Trinajstić information content (AvgIpc) is 2.69. The van der Waals surface area contributed by atoms with Crippen LogP contribution in [0.5, 0.6) is 5.75 Å². The minimum absolute atomic E-state index is 0.0380. The largest absolute Gasteiger partial charge is 0.497 e. The second kappa shape index (κ2) is 8.28. The minimum Gasteiger partial charge on any atom is -0.497 e. The number of methoxy groups -OCH3 is 1. The summed E-state index contributed by atoms with van der Waals surface area (Å²) in [6, 6.07) is 13.8. The van der Waals surface area contributed by atoms with Crippen molar-refractivity contribution in [2.24, 2.45) is 0 Å². The molecule has 0 aromatic heterocycles. The molecular formula is C21H23ClN2O2. The molecule has 26 heavy (non-hydrogen) atoms. The van der Waals surface area contributed by atoms with Crippen molar-refractivity contribution in [3.8, 4) is 5.75 Å². The maximum Gasteiger partial charge on any atom is 0.246 e. The van der Waals surface area contributed by atoms with Crippen LogP contribution in [0.4, 0.5) is 5.69 Å². The third-order valence-corrected chi connectivity index (χ3v) is 5.05. The van der Waals surface area contributed by atoms with E-state index in [1.165, 1.54) is 0 Å². The summed E-state index contributed by atoms with van der Waals surface area (Å²) in [5.74, 6) is 0.889. The molecule has 0 unspecified atom stereocenters. The maximum absolute atomic E-state index is 12.4. The molecular weight excluding hydrogens is 348 g/mol. The quantitative estimate of drug-likeness (QED) is 0.762. The predicted octanol–water partition coefficient (Wildman–Crippen LogP) is 4.02. The molecule has 0 atom stereocenters. The van der Waals surface area contributed by atoms with Gasteiger partial charge in [0.05, 0.1) is 7.11 Å². The third kappa shape index (κ3) is 4.38. The fraction of sp³-hybridized carbons (Fsp3) is 0.286. The summed E-state index contributed by atoms with van der Waals surface area (Å²) < 4.78 is 5.19. The molecule has 0 aliphatic carbocycles. The third-order valence-electron chi connectivity index (χ3n) is 4.64. The lowest BCUT2D eigenvalue weighted by Crippen LogP contribution is -2.48. The molecule has 4 nitrogen and oxygen atoms in total. The van der Waals surface area contributed by atoms with E-state index in [1.807, 2.05) is 48.2 Å². The number of aryl methyl sites for hydroxylation is 1. The van der Waals surface area contributed by atoms with Gasteiger partial charge < -0.3 is 14.5 Å². The molecule has 136 valence electrons. The van der Waals surface area contributed by atoms with E-state index in [4.69, 9.17) is 16.3 Å². The second-order valence-corrected chi connectivity index (χ2v) is 6.76. The molecule has 3 rings (SSSR count). The number of anilines is 1. The molecule has 0 bridgehead atoms. The van der Waals surface area contributed by atoms with Crippen LogP contribution >= 0.6 is 11.6 Å². The Bertz CT molecular complexity index is 794. The van der Waals surface area contributed by atoms with Gasteiger partial charge in [0, 0.05) is 43.0 Å². The van der Waals surface area contributed by atoms with Crippen LogP contribution in [-0.4, -0.2) is 44.1 Å². The molecule has 0 saturated carbocycles. The number of halogens is 1. The van der Waals surface area contributed by atoms with Crippen molar-refractivity contribution in [1.82, 2.24) is 4.90 Å². The van der Waals surface area contributed by atoms with Crippen LogP contribution in [-0.2, 0) is 4.79 Å². The zero-order valence-corrected chi connectivity index (χ0v) is 15.9. The Kier molecular flexibility index (Phi) is 5.84. The molecule has 0 spiro atoms. The van der Waals surface area contributed by atoms with Gasteiger partial charge in [-0.3, -0.25) is 4.79 Å². The van der Waals surface area contributed by atoms with Gasteiger partial charge in [-0.05, 0) is 54.5 Å². The first kappa shape index (κ1) is 18.3. The van der Waals surface area contributed by atoms with E-state index in [0.717, 1.165) is 35.7 Å². The second-order valence-electron chi connectivity index (χ2n) is 6.35. The molecule has 0 radical (unpaired) electrons. The number of amides is 1. The molecule has 2 aromatic carbocycles. The van der Waals surface area contributed by atoms with Crippen molar-refractivity contribution in [3.05, 3.63) is 64.7 Å². The van der Waals surface area contributed by atoms with Gasteiger partial charge in [-0.1, -0.05) is 23.7 Å². The summed E-state index contributed by atoms with van der Waals surface area (Å²) in [6.45, 7) is 5.03. The van der Waals surface area contributed by atoms with Crippen molar-refractivity contribution >= 4 is 29.3 Å². The molecule has 1 aliphatic heterocycles. The number of carbonyl (C=O) groups is 1. The Hall–Kier alpha value is -2.46. The van der Waals surface area contributed by atoms with Gasteiger partial charge in [0.25, 0.3) is 0 Å². The van der Waals surface area contributed by atoms with Crippen molar-refractivity contribution in [1.29, 1.82) is 0 Å². The van der Waals surface area contributed by atoms with Crippen molar-refractivity contribution in [2.45, 2.75) is 6.92 Å². The Balaban J connectivity index is 1.55. The number of nitrogens with zero attached hydrogens (tertiary/aromatic N) is 2. The number of ether oxygens (including phenoxy) is 1. The van der Waals surface area contributed by atoms with E-state index in [1.54, 1.807) is 13.2 Å². The lowest BCUT2D eigenvalue weighted by Gasteiger charge is -2.35. The molecule has 2 aromatic rings. The first-order valence-corrected chi connectivity index (χ1v) is 9.07. The monoisotopic (exact) mass is 370 g/mol. The summed E-state index contributed by atoms with van der Waals surface area (Å²) in [5, 5.41) is 0.715. The average molecular weight is 371 g/mol. The molecule has 1 aliphatic rings. The standard InChI is InChI=1S/C21H23ClN2O2/c1-16-3-4-17(15-20(16)22)5-10-21(25)24-13-11-23(12-14-24)18-6-8-19(26-2)9-7-18/h3-10,15H,11-14H2,1-2H3/b10-5+. The van der Waals surface area contributed by atoms with Crippen LogP contribution in [0.25, 0.3) is 6.08 Å². The summed E-state index contributed by atoms with van der Waals surface area (Å²) in [5.41, 5.74) is 3.12. The first-order chi connectivity index (χ1) is 12.6. The van der Waals surface area contributed by atoms with Crippen molar-refractivity contribution in [2.75, 3.05) is 38.2 Å². The number of benzene rings is 2. The molecule has 1 heterocycles. The smallest absolute Gasteiger partial charge is 0.246 e. The minimum atomic E-state index is 0.0380. The van der Waals surface area contributed by atoms with E-state index >= 15 is 0 Å². The van der Waals surface area contributed by atoms with E-state index in [-0.39, 0.29) is 5.91 Å². The number of rotatable bonds is 4. The highest BCUT2D eigenvalue weighted by molar-refractivity contribution is 6.31. The zero-order chi connectivity index (χ0) is 18.5. The lowest BCUT2D eigenvalue weighted by molar-refractivity contribution is -0.126. The summed E-state index contributed by atoms with van der Waals surface area (Å²) >= 11 is 6.13. The van der Waals surface area contributed by atoms with Crippen molar-refractivity contribution in [3.63, 3.8) is 0 Å². The van der Waals surface area contributed by atoms with Gasteiger partial charge in [0.1, 0.15) is 5.75 Å². The van der Waals surface area contributed by atoms with E-state index in [9.17, 15) is 4.79 Å². The van der Waals surface area contributed by atoms with Crippen LogP contribution in [0.3, 0.4) is 0 Å². The van der Waals surface area contributed by atoms with Crippen LogP contribution in [0, 0.1) is 6.92 Å². The summed E-state index contributed by atoms with van der Waals surface area (Å²) in [6.07, 6.45) is 3.45. The summed E-state index contributed by atoms with van der Waals surface area (Å²) in [4.78, 5) is 16.6. The lowest BCUT2D eigenvalue weighted by atomic mass is 10.1. The highest BCUT2D eigenvalue weighted by atomic mass is 35.5. The van der Waals surface area contributed by atoms with Gasteiger partial charge in [-0.2, -0.15) is 0 Å². The fourth-order valence-electron chi connectivity index (χ4n) is 2.96. The van der Waals surface area contributed by atoms with Crippen molar-refractivity contribution < 1.29 is 9.53 Å². The van der Waals surface area contributed by atoms with E-state index < -0.39 is 0 Å². The molecule has 1 saturated heterocycles. The number of carbonyl (C=O) groups excluding carboxylic acids is 1. The SMILES string of the molecule is COc1ccc(N2CCN(C(=O)/C=C/c3ccc(C)c(Cl)c3)CC2)cc1. The molecule has 1 fully saturated rings. The van der Waals surface area contributed by atoms with Gasteiger partial charge in [-0.25, -0.2) is 0 Å². The van der Waals surface area contributed by atoms with Gasteiger partial charge in [0.2, 0.25) is 5.91 Å². The molecule has 0 N–H and O–H groups in total. The number of hydrogen-bond donors (Lipinski definition) is 0. The van der Waals surface area contributed by atoms with Crippen LogP contribution in [0.15, 0.2) is 48.5 Å². The van der Waals surface area contributed by atoms with Gasteiger partial charge in [0.15, 0.2) is 0 Å². The van der Waals surface area contributed by atoms with E-state index in [0.29, 0.717) is 18.1 Å². The van der Waals surface area contributed by atoms with Gasteiger partial charge in [-0.15, -0.1) is 0 Å². The fourth-order valence-corrected chi connectivity index (χ4v) is 3.15. The van der Waals surface area contributed by atoms with Crippen LogP contribution in [0.2, 0.25) is 5.02 Å². The Morgan fingerprint density at radius 3 is 2.38 bits per heavy atom. The van der Waals surface area contributed by atoms with Crippen LogP contribution in [0.1, 0.15) is 11.1 Å². The number of piperazine rings is 1. The van der Waals surface area contributed by atoms with Crippen LogP contribution < -0.4 is 9.64 Å². The molecule has 1 amide bonds. The first-order valence-electron chi connectivity index (χ1n) is 8.69.